The van der Waals surface area contributed by atoms with Crippen LogP contribution in [0, 0.1) is 0 Å². The predicted octanol–water partition coefficient (Wildman–Crippen LogP) is 22.8. The molecule has 0 aromatic heterocycles. The molecule has 0 aliphatic carbocycles. The molecule has 0 radical (unpaired) electrons. The van der Waals surface area contributed by atoms with Gasteiger partial charge in [-0.05, 0) is 96.3 Å². The van der Waals surface area contributed by atoms with Crippen LogP contribution < -0.4 is 0 Å². The molecule has 0 rings (SSSR count). The number of hydrogen-bond donors (Lipinski definition) is 0. The van der Waals surface area contributed by atoms with E-state index < -0.39 is 6.10 Å². The molecule has 1 atom stereocenters. The molecule has 0 N–H and O–H groups in total. The smallest absolute Gasteiger partial charge is 0.306 e. The van der Waals surface area contributed by atoms with Crippen LogP contribution in [0.2, 0.25) is 0 Å². The van der Waals surface area contributed by atoms with Gasteiger partial charge in [-0.25, -0.2) is 0 Å². The topological polar surface area (TPSA) is 78.9 Å². The molecule has 0 saturated heterocycles. The summed E-state index contributed by atoms with van der Waals surface area (Å²) in [5, 5.41) is 0. The number of carbonyl (C=O) groups excluding carboxylic acids is 3. The highest BCUT2D eigenvalue weighted by Gasteiger charge is 2.19. The Hall–Kier alpha value is -4.19. The Morgan fingerprint density at radius 1 is 0.266 bits per heavy atom. The molecule has 79 heavy (non-hydrogen) atoms. The zero-order valence-electron chi connectivity index (χ0n) is 51.6. The van der Waals surface area contributed by atoms with E-state index in [0.29, 0.717) is 19.3 Å². The minimum absolute atomic E-state index is 0.0833. The summed E-state index contributed by atoms with van der Waals surface area (Å²) in [6, 6.07) is 0. The van der Waals surface area contributed by atoms with Crippen molar-refractivity contribution >= 4 is 17.9 Å². The Bertz CT molecular complexity index is 1640. The van der Waals surface area contributed by atoms with Gasteiger partial charge in [0.15, 0.2) is 6.10 Å². The van der Waals surface area contributed by atoms with Crippen molar-refractivity contribution in [2.45, 2.75) is 309 Å². The Morgan fingerprint density at radius 3 is 0.772 bits per heavy atom. The minimum atomic E-state index is -0.787. The van der Waals surface area contributed by atoms with E-state index in [1.54, 1.807) is 0 Å². The molecule has 0 amide bonds. The molecule has 0 spiro atoms. The largest absolute Gasteiger partial charge is 0.462 e. The van der Waals surface area contributed by atoms with Crippen LogP contribution in [0.3, 0.4) is 0 Å². The van der Waals surface area contributed by atoms with Crippen molar-refractivity contribution in [2.24, 2.45) is 0 Å². The van der Waals surface area contributed by atoms with Crippen LogP contribution in [0.4, 0.5) is 0 Å². The highest BCUT2D eigenvalue weighted by Crippen LogP contribution is 2.16. The van der Waals surface area contributed by atoms with E-state index >= 15 is 0 Å². The predicted molar refractivity (Wildman–Crippen MR) is 343 cm³/mol. The van der Waals surface area contributed by atoms with Crippen molar-refractivity contribution in [1.82, 2.24) is 0 Å². The fourth-order valence-corrected chi connectivity index (χ4v) is 9.06. The Labute approximate surface area is 488 Å². The second-order valence-electron chi connectivity index (χ2n) is 21.7. The van der Waals surface area contributed by atoms with Gasteiger partial charge in [0.2, 0.25) is 0 Å². The molecule has 6 heteroatoms. The first-order chi connectivity index (χ1) is 39.0. The monoisotopic (exact) mass is 1090 g/mol. The molecule has 0 aliphatic heterocycles. The third-order valence-corrected chi connectivity index (χ3v) is 14.0. The van der Waals surface area contributed by atoms with Crippen molar-refractivity contribution in [3.63, 3.8) is 0 Å². The summed E-state index contributed by atoms with van der Waals surface area (Å²) in [4.78, 5) is 38.2. The summed E-state index contributed by atoms with van der Waals surface area (Å²) in [6.45, 7) is 6.51. The first-order valence-corrected chi connectivity index (χ1v) is 33.0. The summed E-state index contributed by atoms with van der Waals surface area (Å²) >= 11 is 0. The van der Waals surface area contributed by atoms with E-state index in [1.807, 2.05) is 0 Å². The number of esters is 3. The average molecular weight is 1100 g/mol. The average Bonchev–Trinajstić information content (AvgIpc) is 3.45. The zero-order valence-corrected chi connectivity index (χ0v) is 51.6. The number of ether oxygens (including phenoxy) is 3. The number of carbonyl (C=O) groups is 3. The molecule has 0 aromatic carbocycles. The van der Waals surface area contributed by atoms with Crippen molar-refractivity contribution in [2.75, 3.05) is 13.2 Å². The molecule has 0 aromatic rings. The number of allylic oxidation sites excluding steroid dienone is 20. The summed E-state index contributed by atoms with van der Waals surface area (Å²) in [5.74, 6) is -0.903. The lowest BCUT2D eigenvalue weighted by Gasteiger charge is -2.18. The highest BCUT2D eigenvalue weighted by atomic mass is 16.6. The molecule has 0 heterocycles. The van der Waals surface area contributed by atoms with Crippen molar-refractivity contribution in [3.05, 3.63) is 122 Å². The summed E-state index contributed by atoms with van der Waals surface area (Å²) in [7, 11) is 0. The van der Waals surface area contributed by atoms with Gasteiger partial charge in [-0.2, -0.15) is 0 Å². The molecule has 1 unspecified atom stereocenters. The second-order valence-corrected chi connectivity index (χ2v) is 21.7. The Kier molecular flexibility index (Phi) is 62.8. The van der Waals surface area contributed by atoms with E-state index in [9.17, 15) is 14.4 Å². The summed E-state index contributed by atoms with van der Waals surface area (Å²) in [6.07, 6.45) is 92.2. The molecular weight excluding hydrogens is 973 g/mol. The van der Waals surface area contributed by atoms with Gasteiger partial charge in [0.05, 0.1) is 0 Å². The van der Waals surface area contributed by atoms with Crippen LogP contribution in [0.5, 0.6) is 0 Å². The first-order valence-electron chi connectivity index (χ1n) is 33.0. The van der Waals surface area contributed by atoms with Gasteiger partial charge in [0, 0.05) is 19.3 Å². The van der Waals surface area contributed by atoms with Crippen LogP contribution in [0.1, 0.15) is 303 Å². The van der Waals surface area contributed by atoms with Crippen LogP contribution >= 0.6 is 0 Å². The summed E-state index contributed by atoms with van der Waals surface area (Å²) in [5.41, 5.74) is 0. The zero-order chi connectivity index (χ0) is 57.1. The van der Waals surface area contributed by atoms with Gasteiger partial charge in [-0.15, -0.1) is 0 Å². The third kappa shape index (κ3) is 64.5. The van der Waals surface area contributed by atoms with E-state index in [1.165, 1.54) is 128 Å². The fourth-order valence-electron chi connectivity index (χ4n) is 9.06. The quantitative estimate of drug-likeness (QED) is 0.0261. The van der Waals surface area contributed by atoms with Crippen molar-refractivity contribution in [1.29, 1.82) is 0 Å². The van der Waals surface area contributed by atoms with Gasteiger partial charge in [0.25, 0.3) is 0 Å². The number of unbranched alkanes of at least 4 members (excludes halogenated alkanes) is 28. The molecule has 0 aliphatic rings. The molecule has 6 nitrogen and oxygen atoms in total. The fraction of sp³-hybridized carbons (Fsp3) is 0.685. The normalized spacial score (nSPS) is 12.9. The van der Waals surface area contributed by atoms with E-state index in [-0.39, 0.29) is 31.1 Å². The highest BCUT2D eigenvalue weighted by molar-refractivity contribution is 5.71. The molecule has 0 saturated carbocycles. The van der Waals surface area contributed by atoms with Crippen LogP contribution in [-0.2, 0) is 28.6 Å². The van der Waals surface area contributed by atoms with Gasteiger partial charge in [0.1, 0.15) is 13.2 Å². The van der Waals surface area contributed by atoms with Crippen molar-refractivity contribution < 1.29 is 28.6 Å². The SMILES string of the molecule is CC/C=C\C/C=C\C/C=C\C/C=C\C/C=C\C/C=C\C/C=C\C/C=C\C/C=C\C/C=C\CCCCCCC(=O)OCC(COC(=O)CCCCCCCCCCCC)OC(=O)CCCCCCCCCCCCCCCCCC. The lowest BCUT2D eigenvalue weighted by Crippen LogP contribution is -2.30. The lowest BCUT2D eigenvalue weighted by atomic mass is 10.0. The van der Waals surface area contributed by atoms with Crippen LogP contribution in [-0.4, -0.2) is 37.2 Å². The third-order valence-electron chi connectivity index (χ3n) is 14.0. The van der Waals surface area contributed by atoms with E-state index in [0.717, 1.165) is 135 Å². The maximum absolute atomic E-state index is 12.9. The first kappa shape index (κ1) is 74.8. The maximum atomic E-state index is 12.9. The molecule has 0 fully saturated rings. The Morgan fingerprint density at radius 2 is 0.494 bits per heavy atom. The summed E-state index contributed by atoms with van der Waals surface area (Å²) < 4.78 is 16.9. The minimum Gasteiger partial charge on any atom is -0.462 e. The van der Waals surface area contributed by atoms with Gasteiger partial charge < -0.3 is 14.2 Å². The maximum Gasteiger partial charge on any atom is 0.306 e. The number of hydrogen-bond acceptors (Lipinski definition) is 6. The second kappa shape index (κ2) is 66.3. The van der Waals surface area contributed by atoms with E-state index in [2.05, 4.69) is 142 Å². The lowest BCUT2D eigenvalue weighted by molar-refractivity contribution is -0.167. The Balaban J connectivity index is 4.25. The molecular formula is C73H122O6. The standard InChI is InChI=1S/C73H122O6/c1-4-7-10-13-16-19-22-24-26-28-29-30-31-32-33-34-35-36-37-38-39-40-41-42-43-44-45-46-48-49-51-54-57-60-63-66-72(75)78-69-70(68-77-71(74)65-62-59-56-53-21-18-15-12-9-6-3)79-73(76)67-64-61-58-55-52-50-47-27-25-23-20-17-14-11-8-5-2/h7,10,16,19,24,26,29-30,32-33,35-36,38-39,41-42,44-45,48-49,70H,4-6,8-9,11-15,17-18,20-23,25,27-28,31,34,37,40,43,46-47,50-69H2,1-3H3/b10-7-,19-16-,26-24-,30-29-,33-32-,36-35-,39-38-,42-41-,45-44-,49-48-. The van der Waals surface area contributed by atoms with E-state index in [4.69, 9.17) is 14.2 Å². The number of rotatable bonds is 59. The van der Waals surface area contributed by atoms with Crippen LogP contribution in [0.15, 0.2) is 122 Å². The van der Waals surface area contributed by atoms with Crippen LogP contribution in [0.25, 0.3) is 0 Å². The van der Waals surface area contributed by atoms with Gasteiger partial charge >= 0.3 is 17.9 Å². The van der Waals surface area contributed by atoms with Gasteiger partial charge in [-0.1, -0.05) is 309 Å². The van der Waals surface area contributed by atoms with Gasteiger partial charge in [-0.3, -0.25) is 14.4 Å². The molecule has 450 valence electrons. The molecule has 0 bridgehead atoms. The van der Waals surface area contributed by atoms with Crippen molar-refractivity contribution in [3.8, 4) is 0 Å².